The Bertz CT molecular complexity index is 713. The van der Waals surface area contributed by atoms with Gasteiger partial charge in [-0.2, -0.15) is 0 Å². The first-order valence-electron chi connectivity index (χ1n) is 6.26. The number of rotatable bonds is 4. The molecule has 1 aromatic heterocycles. The Hall–Kier alpha value is -2.36. The van der Waals surface area contributed by atoms with Crippen LogP contribution in [0.3, 0.4) is 0 Å². The molecule has 6 heteroatoms. The minimum Gasteiger partial charge on any atom is -0.481 e. The molecule has 0 amide bonds. The Balaban J connectivity index is 2.13. The first kappa shape index (κ1) is 15.0. The van der Waals surface area contributed by atoms with E-state index in [0.29, 0.717) is 12.3 Å². The molecule has 0 saturated carbocycles. The highest BCUT2D eigenvalue weighted by Crippen LogP contribution is 2.31. The second kappa shape index (κ2) is 6.88. The summed E-state index contributed by atoms with van der Waals surface area (Å²) in [6.45, 7) is 2.38. The van der Waals surface area contributed by atoms with Gasteiger partial charge in [-0.3, -0.25) is 10.1 Å². The Morgan fingerprint density at radius 2 is 2.19 bits per heavy atom. The molecule has 2 aromatic rings. The van der Waals surface area contributed by atoms with E-state index in [0.717, 1.165) is 15.3 Å². The fourth-order valence-electron chi connectivity index (χ4n) is 1.77. The molecule has 0 fully saturated rings. The van der Waals surface area contributed by atoms with Gasteiger partial charge in [0, 0.05) is 10.9 Å². The van der Waals surface area contributed by atoms with Crippen LogP contribution in [0.15, 0.2) is 30.3 Å². The van der Waals surface area contributed by atoms with Gasteiger partial charge in [-0.05, 0) is 24.6 Å². The van der Waals surface area contributed by atoms with Crippen LogP contribution in [-0.2, 0) is 6.61 Å². The summed E-state index contributed by atoms with van der Waals surface area (Å²) in [5.74, 6) is 6.04. The average molecular weight is 302 g/mol. The summed E-state index contributed by atoms with van der Waals surface area (Å²) in [7, 11) is 0. The number of nitro benzene ring substituents is 1. The molecule has 0 aliphatic rings. The molecule has 21 heavy (non-hydrogen) atoms. The second-order valence-electron chi connectivity index (χ2n) is 4.24. The fraction of sp³-hybridized carbons (Fsp3) is 0.200. The molecule has 0 aliphatic heterocycles. The zero-order valence-electron chi connectivity index (χ0n) is 11.5. The van der Waals surface area contributed by atoms with Gasteiger partial charge in [0.25, 0.3) is 0 Å². The van der Waals surface area contributed by atoms with Gasteiger partial charge in [0.15, 0.2) is 5.75 Å². The number of hydrogen-bond donors (Lipinski definition) is 1. The van der Waals surface area contributed by atoms with Gasteiger partial charge in [-0.1, -0.05) is 24.0 Å². The number of thiophene rings is 1. The van der Waals surface area contributed by atoms with Crippen LogP contribution in [0, 0.1) is 28.9 Å². The van der Waals surface area contributed by atoms with E-state index < -0.39 is 4.92 Å². The minimum atomic E-state index is -0.436. The Labute approximate surface area is 126 Å². The third-order valence-electron chi connectivity index (χ3n) is 2.72. The third-order valence-corrected chi connectivity index (χ3v) is 3.70. The summed E-state index contributed by atoms with van der Waals surface area (Å²) < 4.78 is 5.63. The lowest BCUT2D eigenvalue weighted by molar-refractivity contribution is -0.386. The summed E-state index contributed by atoms with van der Waals surface area (Å²) in [5, 5.41) is 11.0. The van der Waals surface area contributed by atoms with E-state index in [2.05, 4.69) is 11.8 Å². The maximum Gasteiger partial charge on any atom is 0.311 e. The van der Waals surface area contributed by atoms with Crippen molar-refractivity contribution in [3.8, 4) is 17.6 Å². The third kappa shape index (κ3) is 3.81. The topological polar surface area (TPSA) is 78.4 Å². The molecule has 108 valence electrons. The van der Waals surface area contributed by atoms with E-state index in [1.807, 2.05) is 12.1 Å². The molecule has 2 rings (SSSR count). The van der Waals surface area contributed by atoms with Crippen molar-refractivity contribution in [1.29, 1.82) is 0 Å². The van der Waals surface area contributed by atoms with Crippen molar-refractivity contribution >= 4 is 17.0 Å². The van der Waals surface area contributed by atoms with E-state index in [4.69, 9.17) is 10.5 Å². The van der Waals surface area contributed by atoms with Crippen molar-refractivity contribution < 1.29 is 9.66 Å². The smallest absolute Gasteiger partial charge is 0.311 e. The number of nitrogens with zero attached hydrogens (tertiary/aromatic N) is 1. The lowest BCUT2D eigenvalue weighted by Crippen LogP contribution is -1.99. The van der Waals surface area contributed by atoms with E-state index in [-0.39, 0.29) is 12.3 Å². The molecular weight excluding hydrogens is 288 g/mol. The molecular formula is C15H14N2O3S. The van der Waals surface area contributed by atoms with Crippen molar-refractivity contribution in [2.75, 3.05) is 6.54 Å². The van der Waals surface area contributed by atoms with Crippen LogP contribution in [0.1, 0.15) is 15.3 Å². The van der Waals surface area contributed by atoms with Crippen LogP contribution in [0.2, 0.25) is 0 Å². The van der Waals surface area contributed by atoms with Crippen LogP contribution >= 0.6 is 11.3 Å². The van der Waals surface area contributed by atoms with Crippen LogP contribution in [-0.4, -0.2) is 11.5 Å². The van der Waals surface area contributed by atoms with E-state index in [1.54, 1.807) is 19.1 Å². The van der Waals surface area contributed by atoms with Crippen LogP contribution in [0.5, 0.6) is 5.75 Å². The predicted octanol–water partition coefficient (Wildman–Crippen LogP) is 2.85. The molecule has 0 aliphatic carbocycles. The number of para-hydroxylation sites is 1. The summed E-state index contributed by atoms with van der Waals surface area (Å²) in [6.07, 6.45) is 0. The SMILES string of the molecule is Cc1cccc([N+](=O)[O-])c1OCc1ccc(C#CCN)s1. The molecule has 0 bridgehead atoms. The summed E-state index contributed by atoms with van der Waals surface area (Å²) in [5.41, 5.74) is 6.04. The number of nitro groups is 1. The van der Waals surface area contributed by atoms with Crippen molar-refractivity contribution in [2.24, 2.45) is 5.73 Å². The van der Waals surface area contributed by atoms with Gasteiger partial charge in [0.1, 0.15) is 6.61 Å². The number of hydrogen-bond acceptors (Lipinski definition) is 5. The first-order chi connectivity index (χ1) is 10.1. The highest BCUT2D eigenvalue weighted by atomic mass is 32.1. The maximum atomic E-state index is 11.0. The largest absolute Gasteiger partial charge is 0.481 e. The quantitative estimate of drug-likeness (QED) is 0.535. The lowest BCUT2D eigenvalue weighted by Gasteiger charge is -2.08. The molecule has 0 spiro atoms. The first-order valence-corrected chi connectivity index (χ1v) is 7.08. The number of ether oxygens (including phenoxy) is 1. The van der Waals surface area contributed by atoms with Gasteiger partial charge in [0.05, 0.1) is 16.3 Å². The van der Waals surface area contributed by atoms with E-state index in [1.165, 1.54) is 17.4 Å². The average Bonchev–Trinajstić information content (AvgIpc) is 2.91. The summed E-state index contributed by atoms with van der Waals surface area (Å²) >= 11 is 1.49. The van der Waals surface area contributed by atoms with Gasteiger partial charge in [-0.25, -0.2) is 0 Å². The van der Waals surface area contributed by atoms with E-state index >= 15 is 0 Å². The molecule has 0 unspecified atom stereocenters. The zero-order chi connectivity index (χ0) is 15.2. The minimum absolute atomic E-state index is 0.0188. The van der Waals surface area contributed by atoms with Crippen molar-refractivity contribution in [1.82, 2.24) is 0 Å². The highest BCUT2D eigenvalue weighted by Gasteiger charge is 2.17. The molecule has 2 N–H and O–H groups in total. The lowest BCUT2D eigenvalue weighted by atomic mass is 10.2. The van der Waals surface area contributed by atoms with Crippen LogP contribution < -0.4 is 10.5 Å². The Morgan fingerprint density at radius 1 is 1.38 bits per heavy atom. The summed E-state index contributed by atoms with van der Waals surface area (Å²) in [6, 6.07) is 8.66. The van der Waals surface area contributed by atoms with Crippen LogP contribution in [0.4, 0.5) is 5.69 Å². The fourth-order valence-corrected chi connectivity index (χ4v) is 2.57. The van der Waals surface area contributed by atoms with Crippen LogP contribution in [0.25, 0.3) is 0 Å². The predicted molar refractivity (Wildman–Crippen MR) is 82.4 cm³/mol. The second-order valence-corrected chi connectivity index (χ2v) is 5.41. The highest BCUT2D eigenvalue weighted by molar-refractivity contribution is 7.12. The number of nitrogens with two attached hydrogens (primary N) is 1. The van der Waals surface area contributed by atoms with Gasteiger partial charge < -0.3 is 10.5 Å². The Kier molecular flexibility index (Phi) is 4.93. The van der Waals surface area contributed by atoms with Gasteiger partial charge >= 0.3 is 5.69 Å². The molecule has 0 radical (unpaired) electrons. The summed E-state index contributed by atoms with van der Waals surface area (Å²) in [4.78, 5) is 12.4. The monoisotopic (exact) mass is 302 g/mol. The van der Waals surface area contributed by atoms with Gasteiger partial charge in [0.2, 0.25) is 0 Å². The number of benzene rings is 1. The van der Waals surface area contributed by atoms with Crippen molar-refractivity contribution in [2.45, 2.75) is 13.5 Å². The van der Waals surface area contributed by atoms with Crippen molar-refractivity contribution in [3.05, 3.63) is 55.8 Å². The van der Waals surface area contributed by atoms with Crippen molar-refractivity contribution in [3.63, 3.8) is 0 Å². The zero-order valence-corrected chi connectivity index (χ0v) is 12.3. The molecule has 0 saturated heterocycles. The normalized spacial score (nSPS) is 9.81. The molecule has 1 heterocycles. The maximum absolute atomic E-state index is 11.0. The Morgan fingerprint density at radius 3 is 2.90 bits per heavy atom. The molecule has 5 nitrogen and oxygen atoms in total. The van der Waals surface area contributed by atoms with E-state index in [9.17, 15) is 10.1 Å². The molecule has 1 aromatic carbocycles. The van der Waals surface area contributed by atoms with Gasteiger partial charge in [-0.15, -0.1) is 11.3 Å². The molecule has 0 atom stereocenters. The standard InChI is InChI=1S/C15H14N2O3S/c1-11-4-2-6-14(17(18)19)15(11)20-10-13-8-7-12(21-13)5-3-9-16/h2,4,6-8H,9-10,16H2,1H3. The number of aryl methyl sites for hydroxylation is 1.